The molecule has 5 heteroatoms. The number of amides is 1. The third-order valence-corrected chi connectivity index (χ3v) is 4.47. The Bertz CT molecular complexity index is 699. The van der Waals surface area contributed by atoms with Gasteiger partial charge in [0.2, 0.25) is 0 Å². The SMILES string of the molecule is O=C(NCc1ccccc1Cl)c1cccc(CN2CCOCC2)c1. The predicted octanol–water partition coefficient (Wildman–Crippen LogP) is 3.10. The molecular weight excluding hydrogens is 324 g/mol. The number of rotatable bonds is 5. The van der Waals surface area contributed by atoms with Gasteiger partial charge in [0.05, 0.1) is 13.2 Å². The first-order valence-electron chi connectivity index (χ1n) is 8.13. The van der Waals surface area contributed by atoms with Crippen LogP contribution in [0, 0.1) is 0 Å². The Morgan fingerprint density at radius 1 is 1.12 bits per heavy atom. The van der Waals surface area contributed by atoms with E-state index >= 15 is 0 Å². The molecule has 0 spiro atoms. The Labute approximate surface area is 147 Å². The predicted molar refractivity (Wildman–Crippen MR) is 95.2 cm³/mol. The topological polar surface area (TPSA) is 41.6 Å². The van der Waals surface area contributed by atoms with Crippen molar-refractivity contribution < 1.29 is 9.53 Å². The van der Waals surface area contributed by atoms with Crippen molar-refractivity contribution in [1.29, 1.82) is 0 Å². The highest BCUT2D eigenvalue weighted by atomic mass is 35.5. The number of nitrogens with one attached hydrogen (secondary N) is 1. The third kappa shape index (κ3) is 4.57. The van der Waals surface area contributed by atoms with Crippen LogP contribution in [0.1, 0.15) is 21.5 Å². The molecule has 2 aromatic carbocycles. The first-order chi connectivity index (χ1) is 11.7. The molecule has 1 fully saturated rings. The molecule has 0 bridgehead atoms. The summed E-state index contributed by atoms with van der Waals surface area (Å²) in [6, 6.07) is 15.3. The first kappa shape index (κ1) is 17.0. The second-order valence-corrected chi connectivity index (χ2v) is 6.27. The maximum Gasteiger partial charge on any atom is 0.251 e. The Morgan fingerprint density at radius 3 is 2.71 bits per heavy atom. The van der Waals surface area contributed by atoms with Gasteiger partial charge in [-0.1, -0.05) is 41.9 Å². The summed E-state index contributed by atoms with van der Waals surface area (Å²) in [4.78, 5) is 14.7. The van der Waals surface area contributed by atoms with Gasteiger partial charge in [0.25, 0.3) is 5.91 Å². The fourth-order valence-electron chi connectivity index (χ4n) is 2.75. The zero-order chi connectivity index (χ0) is 16.8. The van der Waals surface area contributed by atoms with Crippen LogP contribution in [0.15, 0.2) is 48.5 Å². The van der Waals surface area contributed by atoms with E-state index in [0.29, 0.717) is 17.1 Å². The van der Waals surface area contributed by atoms with Crippen LogP contribution < -0.4 is 5.32 Å². The van der Waals surface area contributed by atoms with Crippen LogP contribution in [0.4, 0.5) is 0 Å². The van der Waals surface area contributed by atoms with Gasteiger partial charge in [-0.3, -0.25) is 9.69 Å². The number of carbonyl (C=O) groups is 1. The van der Waals surface area contributed by atoms with Gasteiger partial charge in [0, 0.05) is 36.8 Å². The monoisotopic (exact) mass is 344 g/mol. The lowest BCUT2D eigenvalue weighted by atomic mass is 10.1. The summed E-state index contributed by atoms with van der Waals surface area (Å²) in [5.74, 6) is -0.0845. The van der Waals surface area contributed by atoms with Gasteiger partial charge in [-0.2, -0.15) is 0 Å². The van der Waals surface area contributed by atoms with E-state index in [1.54, 1.807) is 0 Å². The largest absolute Gasteiger partial charge is 0.379 e. The number of ether oxygens (including phenoxy) is 1. The number of benzene rings is 2. The molecule has 0 saturated carbocycles. The smallest absolute Gasteiger partial charge is 0.251 e. The van der Waals surface area contributed by atoms with Crippen LogP contribution in [-0.2, 0) is 17.8 Å². The molecule has 1 aliphatic heterocycles. The molecule has 2 aromatic rings. The number of carbonyl (C=O) groups excluding carboxylic acids is 1. The Morgan fingerprint density at radius 2 is 1.92 bits per heavy atom. The highest BCUT2D eigenvalue weighted by Gasteiger charge is 2.12. The van der Waals surface area contributed by atoms with Gasteiger partial charge in [0.1, 0.15) is 0 Å². The van der Waals surface area contributed by atoms with Crippen molar-refractivity contribution in [2.24, 2.45) is 0 Å². The molecule has 4 nitrogen and oxygen atoms in total. The molecule has 0 aromatic heterocycles. The van der Waals surface area contributed by atoms with E-state index in [4.69, 9.17) is 16.3 Å². The average molecular weight is 345 g/mol. The van der Waals surface area contributed by atoms with E-state index in [2.05, 4.69) is 16.3 Å². The maximum absolute atomic E-state index is 12.4. The van der Waals surface area contributed by atoms with Crippen LogP contribution in [0.25, 0.3) is 0 Å². The summed E-state index contributed by atoms with van der Waals surface area (Å²) >= 11 is 6.12. The van der Waals surface area contributed by atoms with Crippen LogP contribution in [0.3, 0.4) is 0 Å². The molecule has 1 heterocycles. The molecule has 1 aliphatic rings. The second-order valence-electron chi connectivity index (χ2n) is 5.86. The summed E-state index contributed by atoms with van der Waals surface area (Å²) in [5, 5.41) is 3.60. The van der Waals surface area contributed by atoms with Crippen molar-refractivity contribution in [3.8, 4) is 0 Å². The average Bonchev–Trinajstić information content (AvgIpc) is 2.62. The molecule has 0 atom stereocenters. The van der Waals surface area contributed by atoms with E-state index in [9.17, 15) is 4.79 Å². The maximum atomic E-state index is 12.4. The van der Waals surface area contributed by atoms with Crippen LogP contribution >= 0.6 is 11.6 Å². The van der Waals surface area contributed by atoms with Crippen LogP contribution in [0.2, 0.25) is 5.02 Å². The van der Waals surface area contributed by atoms with Gasteiger partial charge in [-0.25, -0.2) is 0 Å². The van der Waals surface area contributed by atoms with Gasteiger partial charge in [-0.15, -0.1) is 0 Å². The lowest BCUT2D eigenvalue weighted by Gasteiger charge is -2.26. The lowest BCUT2D eigenvalue weighted by molar-refractivity contribution is 0.0342. The van der Waals surface area contributed by atoms with Gasteiger partial charge >= 0.3 is 0 Å². The van der Waals surface area contributed by atoms with Gasteiger partial charge in [-0.05, 0) is 29.3 Å². The van der Waals surface area contributed by atoms with E-state index in [1.165, 1.54) is 0 Å². The summed E-state index contributed by atoms with van der Waals surface area (Å²) in [5.41, 5.74) is 2.73. The molecule has 0 radical (unpaired) electrons. The summed E-state index contributed by atoms with van der Waals surface area (Å²) in [6.45, 7) is 4.68. The van der Waals surface area contributed by atoms with Crippen LogP contribution in [-0.4, -0.2) is 37.1 Å². The van der Waals surface area contributed by atoms with E-state index in [1.807, 2.05) is 42.5 Å². The zero-order valence-corrected chi connectivity index (χ0v) is 14.3. The number of nitrogens with zero attached hydrogens (tertiary/aromatic N) is 1. The molecule has 1 N–H and O–H groups in total. The zero-order valence-electron chi connectivity index (χ0n) is 13.5. The van der Waals surface area contributed by atoms with Crippen molar-refractivity contribution in [3.63, 3.8) is 0 Å². The van der Waals surface area contributed by atoms with Crippen molar-refractivity contribution in [1.82, 2.24) is 10.2 Å². The Balaban J connectivity index is 1.60. The minimum atomic E-state index is -0.0845. The number of hydrogen-bond donors (Lipinski definition) is 1. The fraction of sp³-hybridized carbons (Fsp3) is 0.316. The van der Waals surface area contributed by atoms with Crippen molar-refractivity contribution in [2.45, 2.75) is 13.1 Å². The summed E-state index contributed by atoms with van der Waals surface area (Å²) in [6.07, 6.45) is 0. The van der Waals surface area contributed by atoms with E-state index < -0.39 is 0 Å². The van der Waals surface area contributed by atoms with Gasteiger partial charge in [0.15, 0.2) is 0 Å². The number of hydrogen-bond acceptors (Lipinski definition) is 3. The molecule has 0 unspecified atom stereocenters. The minimum Gasteiger partial charge on any atom is -0.379 e. The Hall–Kier alpha value is -1.88. The Kier molecular flexibility index (Phi) is 5.86. The fourth-order valence-corrected chi connectivity index (χ4v) is 2.95. The summed E-state index contributed by atoms with van der Waals surface area (Å²) in [7, 11) is 0. The van der Waals surface area contributed by atoms with Crippen molar-refractivity contribution in [3.05, 3.63) is 70.2 Å². The third-order valence-electron chi connectivity index (χ3n) is 4.10. The highest BCUT2D eigenvalue weighted by Crippen LogP contribution is 2.15. The van der Waals surface area contributed by atoms with Crippen molar-refractivity contribution in [2.75, 3.05) is 26.3 Å². The van der Waals surface area contributed by atoms with Gasteiger partial charge < -0.3 is 10.1 Å². The quantitative estimate of drug-likeness (QED) is 0.906. The molecule has 24 heavy (non-hydrogen) atoms. The van der Waals surface area contributed by atoms with Crippen molar-refractivity contribution >= 4 is 17.5 Å². The lowest BCUT2D eigenvalue weighted by Crippen LogP contribution is -2.35. The molecule has 3 rings (SSSR count). The van der Waals surface area contributed by atoms with Crippen LogP contribution in [0.5, 0.6) is 0 Å². The standard InChI is InChI=1S/C19H21ClN2O2/c20-18-7-2-1-5-17(18)13-21-19(23)16-6-3-4-15(12-16)14-22-8-10-24-11-9-22/h1-7,12H,8-11,13-14H2,(H,21,23). The number of morpholine rings is 1. The first-order valence-corrected chi connectivity index (χ1v) is 8.51. The molecule has 126 valence electrons. The summed E-state index contributed by atoms with van der Waals surface area (Å²) < 4.78 is 5.37. The molecule has 0 aliphatic carbocycles. The van der Waals surface area contributed by atoms with E-state index in [0.717, 1.165) is 44.0 Å². The minimum absolute atomic E-state index is 0.0845. The molecule has 1 saturated heterocycles. The molecule has 1 amide bonds. The number of halogens is 1. The highest BCUT2D eigenvalue weighted by molar-refractivity contribution is 6.31. The second kappa shape index (κ2) is 8.29. The van der Waals surface area contributed by atoms with E-state index in [-0.39, 0.29) is 5.91 Å². The molecular formula is C19H21ClN2O2. The normalized spacial score (nSPS) is 15.2.